The van der Waals surface area contributed by atoms with Crippen LogP contribution in [0.4, 0.5) is 0 Å². The molecule has 1 fully saturated rings. The molecule has 4 heteroatoms. The first-order chi connectivity index (χ1) is 9.97. The van der Waals surface area contributed by atoms with Crippen LogP contribution in [0.15, 0.2) is 22.7 Å². The standard InChI is InChI=1S/C17H26BrNO2/c1-10-11(2)21-12(3)17(10)15(19-4)9-13-8-14(18)6-7-16(13)20-5/h6-8,10-12,15,17,19H,9H2,1-5H3. The van der Waals surface area contributed by atoms with E-state index in [4.69, 9.17) is 9.47 Å². The molecule has 5 atom stereocenters. The Labute approximate surface area is 136 Å². The third kappa shape index (κ3) is 3.61. The molecule has 0 amide bonds. The lowest BCUT2D eigenvalue weighted by Gasteiger charge is -2.29. The molecule has 1 aromatic rings. The zero-order chi connectivity index (χ0) is 15.6. The molecule has 0 spiro atoms. The lowest BCUT2D eigenvalue weighted by atomic mass is 9.81. The van der Waals surface area contributed by atoms with Crippen LogP contribution in [0.25, 0.3) is 0 Å². The summed E-state index contributed by atoms with van der Waals surface area (Å²) in [7, 11) is 3.77. The molecule has 118 valence electrons. The van der Waals surface area contributed by atoms with E-state index in [1.807, 2.05) is 19.2 Å². The predicted octanol–water partition coefficient (Wildman–Crippen LogP) is 3.65. The first-order valence-electron chi connectivity index (χ1n) is 7.63. The minimum atomic E-state index is 0.283. The third-order valence-corrected chi connectivity index (χ3v) is 5.33. The predicted molar refractivity (Wildman–Crippen MR) is 89.9 cm³/mol. The first-order valence-corrected chi connectivity index (χ1v) is 8.42. The minimum Gasteiger partial charge on any atom is -0.496 e. The topological polar surface area (TPSA) is 30.5 Å². The molecule has 0 aliphatic carbocycles. The molecule has 1 heterocycles. The average molecular weight is 356 g/mol. The normalized spacial score (nSPS) is 30.4. The molecular formula is C17H26BrNO2. The molecule has 5 unspecified atom stereocenters. The van der Waals surface area contributed by atoms with E-state index in [2.05, 4.69) is 48.1 Å². The summed E-state index contributed by atoms with van der Waals surface area (Å²) in [5.41, 5.74) is 1.23. The number of benzene rings is 1. The molecule has 0 bridgehead atoms. The zero-order valence-electron chi connectivity index (χ0n) is 13.5. The summed E-state index contributed by atoms with van der Waals surface area (Å²) in [5.74, 6) is 2.01. The van der Waals surface area contributed by atoms with Gasteiger partial charge in [-0.1, -0.05) is 22.9 Å². The summed E-state index contributed by atoms with van der Waals surface area (Å²) in [6.45, 7) is 6.65. The Hall–Kier alpha value is -0.580. The van der Waals surface area contributed by atoms with Gasteiger partial charge in [0.1, 0.15) is 5.75 Å². The van der Waals surface area contributed by atoms with Crippen molar-refractivity contribution in [1.82, 2.24) is 5.32 Å². The van der Waals surface area contributed by atoms with Gasteiger partial charge in [-0.15, -0.1) is 0 Å². The molecule has 0 saturated carbocycles. The molecule has 3 nitrogen and oxygen atoms in total. The van der Waals surface area contributed by atoms with E-state index >= 15 is 0 Å². The monoisotopic (exact) mass is 355 g/mol. The largest absolute Gasteiger partial charge is 0.496 e. The van der Waals surface area contributed by atoms with Crippen molar-refractivity contribution in [3.8, 4) is 5.75 Å². The fraction of sp³-hybridized carbons (Fsp3) is 0.647. The molecule has 1 saturated heterocycles. The Balaban J connectivity index is 2.21. The molecule has 1 N–H and O–H groups in total. The van der Waals surface area contributed by atoms with Gasteiger partial charge in [-0.25, -0.2) is 0 Å². The van der Waals surface area contributed by atoms with Crippen molar-refractivity contribution in [3.05, 3.63) is 28.2 Å². The first kappa shape index (κ1) is 16.8. The van der Waals surface area contributed by atoms with Crippen molar-refractivity contribution in [2.75, 3.05) is 14.2 Å². The van der Waals surface area contributed by atoms with Crippen molar-refractivity contribution in [2.45, 2.75) is 45.4 Å². The van der Waals surface area contributed by atoms with Crippen LogP contribution < -0.4 is 10.1 Å². The number of hydrogen-bond acceptors (Lipinski definition) is 3. The average Bonchev–Trinajstić information content (AvgIpc) is 2.70. The maximum Gasteiger partial charge on any atom is 0.122 e. The summed E-state index contributed by atoms with van der Waals surface area (Å²) in [4.78, 5) is 0. The quantitative estimate of drug-likeness (QED) is 0.874. The highest BCUT2D eigenvalue weighted by atomic mass is 79.9. The van der Waals surface area contributed by atoms with Crippen molar-refractivity contribution >= 4 is 15.9 Å². The van der Waals surface area contributed by atoms with Gasteiger partial charge in [0, 0.05) is 16.4 Å². The van der Waals surface area contributed by atoms with Crippen molar-refractivity contribution < 1.29 is 9.47 Å². The Kier molecular flexibility index (Phi) is 5.69. The molecule has 21 heavy (non-hydrogen) atoms. The minimum absolute atomic E-state index is 0.283. The summed E-state index contributed by atoms with van der Waals surface area (Å²) in [6, 6.07) is 6.57. The van der Waals surface area contributed by atoms with Crippen LogP contribution in [0, 0.1) is 11.8 Å². The van der Waals surface area contributed by atoms with Crippen LogP contribution in [-0.2, 0) is 11.2 Å². The molecule has 0 aromatic heterocycles. The summed E-state index contributed by atoms with van der Waals surface area (Å²) in [5, 5.41) is 3.49. The number of halogens is 1. The molecule has 1 aliphatic rings. The zero-order valence-corrected chi connectivity index (χ0v) is 15.1. The van der Waals surface area contributed by atoms with Gasteiger partial charge in [0.15, 0.2) is 0 Å². The van der Waals surface area contributed by atoms with E-state index in [1.165, 1.54) is 5.56 Å². The summed E-state index contributed by atoms with van der Waals surface area (Å²) in [6.07, 6.45) is 1.55. The highest BCUT2D eigenvalue weighted by molar-refractivity contribution is 9.10. The fourth-order valence-electron chi connectivity index (χ4n) is 3.56. The highest BCUT2D eigenvalue weighted by Crippen LogP contribution is 2.36. The number of methoxy groups -OCH3 is 1. The van der Waals surface area contributed by atoms with Crippen molar-refractivity contribution in [3.63, 3.8) is 0 Å². The second kappa shape index (κ2) is 7.12. The van der Waals surface area contributed by atoms with E-state index in [-0.39, 0.29) is 6.10 Å². The second-order valence-electron chi connectivity index (χ2n) is 6.04. The maximum atomic E-state index is 6.01. The van der Waals surface area contributed by atoms with E-state index in [0.29, 0.717) is 24.0 Å². The van der Waals surface area contributed by atoms with Gasteiger partial charge in [-0.3, -0.25) is 0 Å². The van der Waals surface area contributed by atoms with E-state index in [1.54, 1.807) is 7.11 Å². The lowest BCUT2D eigenvalue weighted by Crippen LogP contribution is -2.41. The highest BCUT2D eigenvalue weighted by Gasteiger charge is 2.41. The maximum absolute atomic E-state index is 6.01. The lowest BCUT2D eigenvalue weighted by molar-refractivity contribution is 0.0478. The van der Waals surface area contributed by atoms with Gasteiger partial charge in [0.25, 0.3) is 0 Å². The molecular weight excluding hydrogens is 330 g/mol. The third-order valence-electron chi connectivity index (χ3n) is 4.84. The van der Waals surface area contributed by atoms with Gasteiger partial charge in [-0.05, 0) is 57.0 Å². The number of nitrogens with one attached hydrogen (secondary N) is 1. The van der Waals surface area contributed by atoms with Crippen molar-refractivity contribution in [2.24, 2.45) is 11.8 Å². The Morgan fingerprint density at radius 2 is 2.00 bits per heavy atom. The van der Waals surface area contributed by atoms with Gasteiger partial charge in [0.05, 0.1) is 19.3 Å². The number of hydrogen-bond donors (Lipinski definition) is 1. The summed E-state index contributed by atoms with van der Waals surface area (Å²) < 4.78 is 12.6. The summed E-state index contributed by atoms with van der Waals surface area (Å²) >= 11 is 3.55. The Morgan fingerprint density at radius 1 is 1.29 bits per heavy atom. The number of rotatable bonds is 5. The van der Waals surface area contributed by atoms with Crippen LogP contribution in [0.2, 0.25) is 0 Å². The van der Waals surface area contributed by atoms with Gasteiger partial charge >= 0.3 is 0 Å². The van der Waals surface area contributed by atoms with Gasteiger partial charge in [0.2, 0.25) is 0 Å². The molecule has 0 radical (unpaired) electrons. The Morgan fingerprint density at radius 3 is 2.52 bits per heavy atom. The molecule has 1 aliphatic heterocycles. The SMILES string of the molecule is CNC(Cc1cc(Br)ccc1OC)C1C(C)OC(C)C1C. The van der Waals surface area contributed by atoms with E-state index in [9.17, 15) is 0 Å². The number of ether oxygens (including phenoxy) is 2. The van der Waals surface area contributed by atoms with Crippen LogP contribution >= 0.6 is 15.9 Å². The van der Waals surface area contributed by atoms with Crippen LogP contribution in [-0.4, -0.2) is 32.4 Å². The van der Waals surface area contributed by atoms with Crippen LogP contribution in [0.3, 0.4) is 0 Å². The van der Waals surface area contributed by atoms with Crippen LogP contribution in [0.1, 0.15) is 26.3 Å². The van der Waals surface area contributed by atoms with Gasteiger partial charge in [-0.2, -0.15) is 0 Å². The fourth-order valence-corrected chi connectivity index (χ4v) is 3.97. The van der Waals surface area contributed by atoms with Crippen molar-refractivity contribution in [1.29, 1.82) is 0 Å². The smallest absolute Gasteiger partial charge is 0.122 e. The van der Waals surface area contributed by atoms with Crippen LogP contribution in [0.5, 0.6) is 5.75 Å². The van der Waals surface area contributed by atoms with E-state index < -0.39 is 0 Å². The second-order valence-corrected chi connectivity index (χ2v) is 6.95. The van der Waals surface area contributed by atoms with E-state index in [0.717, 1.165) is 16.6 Å². The Bertz CT molecular complexity index is 480. The molecule has 2 rings (SSSR count). The number of likely N-dealkylation sites (N-methyl/N-ethyl adjacent to an activating group) is 1. The van der Waals surface area contributed by atoms with Gasteiger partial charge < -0.3 is 14.8 Å². The molecule has 1 aromatic carbocycles.